The van der Waals surface area contributed by atoms with E-state index in [2.05, 4.69) is 26.7 Å². The van der Waals surface area contributed by atoms with Crippen LogP contribution < -0.4 is 10.4 Å². The smallest absolute Gasteiger partial charge is 0.303 e. The number of anilines is 1. The van der Waals surface area contributed by atoms with Gasteiger partial charge >= 0.3 is 5.91 Å². The molecule has 0 unspecified atom stereocenters. The number of ether oxygens (including phenoxy) is 1. The summed E-state index contributed by atoms with van der Waals surface area (Å²) in [6.45, 7) is 4.30. The number of hydrogen-bond acceptors (Lipinski definition) is 7. The summed E-state index contributed by atoms with van der Waals surface area (Å²) < 4.78 is 5.66. The SMILES string of the molecule is CCOC1=C(N/N=C2/C(=O)N(c3nc(-c4ccccc4)cs3)N=C2C)C=CCC1. The Morgan fingerprint density at radius 1 is 1.31 bits per heavy atom. The summed E-state index contributed by atoms with van der Waals surface area (Å²) in [6.07, 6.45) is 5.72. The molecule has 0 bridgehead atoms. The molecule has 2 aliphatic rings. The molecule has 0 spiro atoms. The molecule has 4 rings (SSSR count). The number of aromatic nitrogens is 1. The average Bonchev–Trinajstić information content (AvgIpc) is 3.33. The number of allylic oxidation sites excluding steroid dienone is 3. The first-order chi connectivity index (χ1) is 14.2. The molecule has 0 fully saturated rings. The summed E-state index contributed by atoms with van der Waals surface area (Å²) in [5.74, 6) is 0.547. The van der Waals surface area contributed by atoms with Gasteiger partial charge in [-0.1, -0.05) is 36.4 Å². The van der Waals surface area contributed by atoms with Crippen molar-refractivity contribution < 1.29 is 9.53 Å². The molecule has 1 amide bonds. The standard InChI is InChI=1S/C21H21N5O2S/c1-3-28-18-12-8-7-11-16(18)23-24-19-14(2)25-26(20(19)27)21-22-17(13-29-21)15-9-5-4-6-10-15/h4-7,9-11,13,23H,3,8,12H2,1-2H3/b24-19+. The van der Waals surface area contributed by atoms with Crippen LogP contribution in [0, 0.1) is 0 Å². The number of carbonyl (C=O) groups is 1. The van der Waals surface area contributed by atoms with Crippen molar-refractivity contribution in [2.75, 3.05) is 11.6 Å². The lowest BCUT2D eigenvalue weighted by Gasteiger charge is -2.15. The molecule has 1 N–H and O–H groups in total. The van der Waals surface area contributed by atoms with Gasteiger partial charge in [-0.25, -0.2) is 4.98 Å². The molecule has 0 radical (unpaired) electrons. The molecule has 1 aliphatic heterocycles. The largest absolute Gasteiger partial charge is 0.496 e. The molecular weight excluding hydrogens is 386 g/mol. The van der Waals surface area contributed by atoms with Gasteiger partial charge in [-0.05, 0) is 26.3 Å². The molecule has 1 aliphatic carbocycles. The minimum absolute atomic E-state index is 0.267. The zero-order valence-corrected chi connectivity index (χ0v) is 17.1. The highest BCUT2D eigenvalue weighted by molar-refractivity contribution is 7.14. The van der Waals surface area contributed by atoms with Crippen LogP contribution in [0.4, 0.5) is 5.13 Å². The average molecular weight is 407 g/mol. The second-order valence-electron chi connectivity index (χ2n) is 6.47. The van der Waals surface area contributed by atoms with Crippen molar-refractivity contribution in [3.63, 3.8) is 0 Å². The Kier molecular flexibility index (Phi) is 5.53. The Bertz CT molecular complexity index is 1040. The fourth-order valence-electron chi connectivity index (χ4n) is 3.04. The second-order valence-corrected chi connectivity index (χ2v) is 7.30. The molecule has 0 atom stereocenters. The first kappa shape index (κ1) is 19.1. The summed E-state index contributed by atoms with van der Waals surface area (Å²) in [7, 11) is 0. The van der Waals surface area contributed by atoms with E-state index in [0.29, 0.717) is 17.5 Å². The summed E-state index contributed by atoms with van der Waals surface area (Å²) in [6, 6.07) is 9.84. The number of thiazole rings is 1. The summed E-state index contributed by atoms with van der Waals surface area (Å²) in [5, 5.41) is 12.4. The molecule has 2 heterocycles. The Balaban J connectivity index is 1.54. The fourth-order valence-corrected chi connectivity index (χ4v) is 3.82. The minimum Gasteiger partial charge on any atom is -0.496 e. The van der Waals surface area contributed by atoms with Crippen LogP contribution in [0.2, 0.25) is 0 Å². The van der Waals surface area contributed by atoms with Gasteiger partial charge in [-0.2, -0.15) is 15.2 Å². The Morgan fingerprint density at radius 2 is 2.14 bits per heavy atom. The normalized spacial score (nSPS) is 17.9. The minimum atomic E-state index is -0.303. The highest BCUT2D eigenvalue weighted by atomic mass is 32.1. The van der Waals surface area contributed by atoms with Crippen LogP contribution in [-0.2, 0) is 9.53 Å². The summed E-state index contributed by atoms with van der Waals surface area (Å²) in [5.41, 5.74) is 6.36. The van der Waals surface area contributed by atoms with Gasteiger partial charge in [0.2, 0.25) is 5.13 Å². The highest BCUT2D eigenvalue weighted by Crippen LogP contribution is 2.29. The van der Waals surface area contributed by atoms with Crippen LogP contribution in [0.3, 0.4) is 0 Å². The molecular formula is C21H21N5O2S. The van der Waals surface area contributed by atoms with Crippen molar-refractivity contribution in [1.29, 1.82) is 0 Å². The van der Waals surface area contributed by atoms with Crippen molar-refractivity contribution in [3.05, 3.63) is 59.3 Å². The van der Waals surface area contributed by atoms with Gasteiger partial charge in [-0.3, -0.25) is 10.2 Å². The van der Waals surface area contributed by atoms with E-state index in [4.69, 9.17) is 4.74 Å². The van der Waals surface area contributed by atoms with Crippen LogP contribution in [0.15, 0.2) is 69.5 Å². The Labute approximate surface area is 173 Å². The molecule has 29 heavy (non-hydrogen) atoms. The first-order valence-electron chi connectivity index (χ1n) is 9.44. The number of nitrogens with one attached hydrogen (secondary N) is 1. The van der Waals surface area contributed by atoms with Crippen LogP contribution in [0.5, 0.6) is 0 Å². The van der Waals surface area contributed by atoms with Gasteiger partial charge < -0.3 is 4.74 Å². The van der Waals surface area contributed by atoms with Crippen LogP contribution in [0.25, 0.3) is 11.3 Å². The summed E-state index contributed by atoms with van der Waals surface area (Å²) >= 11 is 1.37. The predicted octanol–water partition coefficient (Wildman–Crippen LogP) is 4.08. The number of hydrazone groups is 2. The zero-order valence-electron chi connectivity index (χ0n) is 16.3. The predicted molar refractivity (Wildman–Crippen MR) is 116 cm³/mol. The molecule has 148 valence electrons. The Morgan fingerprint density at radius 3 is 2.93 bits per heavy atom. The van der Waals surface area contributed by atoms with Crippen molar-refractivity contribution in [1.82, 2.24) is 10.4 Å². The van der Waals surface area contributed by atoms with Gasteiger partial charge in [0.25, 0.3) is 0 Å². The lowest BCUT2D eigenvalue weighted by Crippen LogP contribution is -2.29. The topological polar surface area (TPSA) is 79.2 Å². The van der Waals surface area contributed by atoms with E-state index >= 15 is 0 Å². The maximum absolute atomic E-state index is 12.9. The number of carbonyl (C=O) groups excluding carboxylic acids is 1. The monoisotopic (exact) mass is 407 g/mol. The number of benzene rings is 1. The number of hydrogen-bond donors (Lipinski definition) is 1. The van der Waals surface area contributed by atoms with Gasteiger partial charge in [0.1, 0.15) is 5.76 Å². The van der Waals surface area contributed by atoms with Crippen molar-refractivity contribution in [2.45, 2.75) is 26.7 Å². The quantitative estimate of drug-likeness (QED) is 0.732. The molecule has 0 saturated carbocycles. The lowest BCUT2D eigenvalue weighted by molar-refractivity contribution is -0.112. The van der Waals surface area contributed by atoms with Gasteiger partial charge in [0, 0.05) is 17.4 Å². The molecule has 1 aromatic heterocycles. The van der Waals surface area contributed by atoms with Gasteiger partial charge in [-0.15, -0.1) is 11.3 Å². The fraction of sp³-hybridized carbons (Fsp3) is 0.238. The number of amides is 1. The van der Waals surface area contributed by atoms with Crippen molar-refractivity contribution in [2.24, 2.45) is 10.2 Å². The molecule has 7 nitrogen and oxygen atoms in total. The third kappa shape index (κ3) is 3.97. The van der Waals surface area contributed by atoms with Gasteiger partial charge in [0.15, 0.2) is 5.71 Å². The van der Waals surface area contributed by atoms with E-state index in [1.165, 1.54) is 16.3 Å². The van der Waals surface area contributed by atoms with E-state index in [9.17, 15) is 4.79 Å². The third-order valence-electron chi connectivity index (χ3n) is 4.46. The maximum atomic E-state index is 12.9. The molecule has 2 aromatic rings. The molecule has 8 heteroatoms. The molecule has 1 aromatic carbocycles. The lowest BCUT2D eigenvalue weighted by atomic mass is 10.1. The van der Waals surface area contributed by atoms with Crippen LogP contribution >= 0.6 is 11.3 Å². The second kappa shape index (κ2) is 8.40. The third-order valence-corrected chi connectivity index (χ3v) is 5.28. The van der Waals surface area contributed by atoms with E-state index in [1.54, 1.807) is 6.92 Å². The van der Waals surface area contributed by atoms with Gasteiger partial charge in [0.05, 0.1) is 23.7 Å². The highest BCUT2D eigenvalue weighted by Gasteiger charge is 2.32. The van der Waals surface area contributed by atoms with Crippen LogP contribution in [0.1, 0.15) is 26.7 Å². The van der Waals surface area contributed by atoms with Crippen molar-refractivity contribution in [3.8, 4) is 11.3 Å². The van der Waals surface area contributed by atoms with E-state index < -0.39 is 0 Å². The van der Waals surface area contributed by atoms with E-state index in [-0.39, 0.29) is 11.6 Å². The van der Waals surface area contributed by atoms with Crippen LogP contribution in [-0.4, -0.2) is 28.9 Å². The number of nitrogens with zero attached hydrogens (tertiary/aromatic N) is 4. The van der Waals surface area contributed by atoms with Crippen molar-refractivity contribution >= 4 is 33.8 Å². The van der Waals surface area contributed by atoms with E-state index in [0.717, 1.165) is 35.6 Å². The first-order valence-corrected chi connectivity index (χ1v) is 10.3. The summed E-state index contributed by atoms with van der Waals surface area (Å²) in [4.78, 5) is 17.5. The number of rotatable bonds is 6. The molecule has 0 saturated heterocycles. The Hall–Kier alpha value is -3.26. The van der Waals surface area contributed by atoms with E-state index in [1.807, 2.05) is 48.7 Å². The maximum Gasteiger partial charge on any atom is 0.303 e. The zero-order chi connectivity index (χ0) is 20.2.